The molecule has 0 spiro atoms. The van der Waals surface area contributed by atoms with Crippen molar-refractivity contribution >= 4 is 21.8 Å². The molecule has 9 nitrogen and oxygen atoms in total. The molecular weight excluding hydrogens is 348 g/mol. The van der Waals surface area contributed by atoms with Gasteiger partial charge in [-0.2, -0.15) is 9.98 Å². The standard InChI is InChI=1S/C15H18N4O5S/c1-10(13(20)19-6-5-15(22,9-19)14(17)21)18-25(23,24)12-4-2-3-11(7-12)8-16/h2-4,7,10,18,22H,5-6,9H2,1H3,(H2,17,21). The molecule has 4 N–H and O–H groups in total. The van der Waals surface area contributed by atoms with Crippen LogP contribution in [0.25, 0.3) is 0 Å². The molecule has 2 rings (SSSR count). The van der Waals surface area contributed by atoms with Gasteiger partial charge in [0.2, 0.25) is 15.9 Å². The third-order valence-electron chi connectivity index (χ3n) is 3.99. The van der Waals surface area contributed by atoms with Crippen LogP contribution in [0, 0.1) is 11.3 Å². The van der Waals surface area contributed by atoms with Gasteiger partial charge in [0.25, 0.3) is 5.91 Å². The van der Waals surface area contributed by atoms with Gasteiger partial charge in [-0.15, -0.1) is 0 Å². The Bertz CT molecular complexity index is 848. The number of amides is 2. The lowest BCUT2D eigenvalue weighted by atomic mass is 10.0. The number of likely N-dealkylation sites (tertiary alicyclic amines) is 1. The molecule has 1 aliphatic rings. The number of nitriles is 1. The first-order chi connectivity index (χ1) is 11.6. The van der Waals surface area contributed by atoms with Gasteiger partial charge in [0.05, 0.1) is 29.1 Å². The van der Waals surface area contributed by atoms with Crippen LogP contribution in [-0.2, 0) is 19.6 Å². The van der Waals surface area contributed by atoms with E-state index in [1.165, 1.54) is 36.1 Å². The fourth-order valence-electron chi connectivity index (χ4n) is 2.54. The van der Waals surface area contributed by atoms with Gasteiger partial charge < -0.3 is 15.7 Å². The highest BCUT2D eigenvalue weighted by Gasteiger charge is 2.44. The van der Waals surface area contributed by atoms with Gasteiger partial charge in [0.1, 0.15) is 0 Å². The van der Waals surface area contributed by atoms with E-state index in [1.54, 1.807) is 0 Å². The minimum Gasteiger partial charge on any atom is -0.378 e. The van der Waals surface area contributed by atoms with E-state index in [2.05, 4.69) is 4.72 Å². The molecule has 1 heterocycles. The van der Waals surface area contributed by atoms with Gasteiger partial charge in [-0.1, -0.05) is 6.07 Å². The third kappa shape index (κ3) is 3.96. The van der Waals surface area contributed by atoms with Crippen LogP contribution in [0.5, 0.6) is 0 Å². The maximum Gasteiger partial charge on any atom is 0.251 e. The highest BCUT2D eigenvalue weighted by atomic mass is 32.2. The molecule has 2 unspecified atom stereocenters. The molecule has 1 aromatic rings. The van der Waals surface area contributed by atoms with Crippen molar-refractivity contribution in [3.8, 4) is 6.07 Å². The molecule has 1 aromatic carbocycles. The van der Waals surface area contributed by atoms with Crippen LogP contribution in [0.4, 0.5) is 0 Å². The Morgan fingerprint density at radius 2 is 2.16 bits per heavy atom. The summed E-state index contributed by atoms with van der Waals surface area (Å²) in [5.41, 5.74) is 3.49. The van der Waals surface area contributed by atoms with Crippen LogP contribution >= 0.6 is 0 Å². The summed E-state index contributed by atoms with van der Waals surface area (Å²) in [7, 11) is -4.01. The normalized spacial score (nSPS) is 21.6. The van der Waals surface area contributed by atoms with Crippen LogP contribution < -0.4 is 10.5 Å². The molecule has 0 bridgehead atoms. The van der Waals surface area contributed by atoms with Gasteiger partial charge in [-0.05, 0) is 25.1 Å². The number of nitrogens with zero attached hydrogens (tertiary/aromatic N) is 2. The number of primary amides is 1. The second-order valence-electron chi connectivity index (χ2n) is 5.89. The molecular formula is C15H18N4O5S. The molecule has 0 radical (unpaired) electrons. The highest BCUT2D eigenvalue weighted by Crippen LogP contribution is 2.22. The Kier molecular flexibility index (Phi) is 5.12. The fraction of sp³-hybridized carbons (Fsp3) is 0.400. The topological polar surface area (TPSA) is 154 Å². The predicted molar refractivity (Wildman–Crippen MR) is 86.3 cm³/mol. The Morgan fingerprint density at radius 3 is 2.72 bits per heavy atom. The van der Waals surface area contributed by atoms with Crippen molar-refractivity contribution in [1.29, 1.82) is 5.26 Å². The van der Waals surface area contributed by atoms with Crippen molar-refractivity contribution in [2.75, 3.05) is 13.1 Å². The van der Waals surface area contributed by atoms with Crippen molar-refractivity contribution in [2.45, 2.75) is 29.9 Å². The van der Waals surface area contributed by atoms with Crippen molar-refractivity contribution in [1.82, 2.24) is 9.62 Å². The molecule has 0 aromatic heterocycles. The van der Waals surface area contributed by atoms with E-state index in [-0.39, 0.29) is 30.0 Å². The Morgan fingerprint density at radius 1 is 1.48 bits per heavy atom. The smallest absolute Gasteiger partial charge is 0.251 e. The maximum atomic E-state index is 12.4. The fourth-order valence-corrected chi connectivity index (χ4v) is 3.78. The minimum absolute atomic E-state index is 0.00222. The average Bonchev–Trinajstić information content (AvgIpc) is 2.97. The van der Waals surface area contributed by atoms with E-state index in [4.69, 9.17) is 11.0 Å². The van der Waals surface area contributed by atoms with Crippen molar-refractivity contribution in [3.05, 3.63) is 29.8 Å². The van der Waals surface area contributed by atoms with Crippen molar-refractivity contribution in [3.63, 3.8) is 0 Å². The van der Waals surface area contributed by atoms with Gasteiger partial charge in [-0.3, -0.25) is 9.59 Å². The summed E-state index contributed by atoms with van der Waals surface area (Å²) in [4.78, 5) is 24.6. The lowest BCUT2D eigenvalue weighted by Crippen LogP contribution is -2.50. The first-order valence-electron chi connectivity index (χ1n) is 7.42. The molecule has 1 fully saturated rings. The van der Waals surface area contributed by atoms with Crippen LogP contribution in [-0.4, -0.2) is 55.0 Å². The number of nitrogens with two attached hydrogens (primary N) is 1. The molecule has 1 saturated heterocycles. The summed E-state index contributed by atoms with van der Waals surface area (Å²) in [6.07, 6.45) is -0.00222. The van der Waals surface area contributed by atoms with Gasteiger partial charge in [-0.25, -0.2) is 8.42 Å². The number of sulfonamides is 1. The number of rotatable bonds is 5. The number of nitrogens with one attached hydrogen (secondary N) is 1. The summed E-state index contributed by atoms with van der Waals surface area (Å²) in [5.74, 6) is -1.51. The molecule has 0 aliphatic carbocycles. The molecule has 10 heteroatoms. The van der Waals surface area contributed by atoms with Crippen molar-refractivity contribution in [2.24, 2.45) is 5.73 Å². The first kappa shape index (κ1) is 18.9. The summed E-state index contributed by atoms with van der Waals surface area (Å²) >= 11 is 0. The minimum atomic E-state index is -4.01. The Hall–Kier alpha value is -2.48. The zero-order valence-corrected chi connectivity index (χ0v) is 14.3. The molecule has 25 heavy (non-hydrogen) atoms. The van der Waals surface area contributed by atoms with E-state index >= 15 is 0 Å². The number of β-amino-alcohol motifs (C(OH)–C–C–N with tert-alkyl or cyclic N) is 1. The van der Waals surface area contributed by atoms with E-state index < -0.39 is 33.5 Å². The SMILES string of the molecule is CC(NS(=O)(=O)c1cccc(C#N)c1)C(=O)N1CCC(O)(C(N)=O)C1. The molecule has 2 amide bonds. The van der Waals surface area contributed by atoms with E-state index in [0.29, 0.717) is 0 Å². The number of hydrogen-bond donors (Lipinski definition) is 3. The summed E-state index contributed by atoms with van der Waals surface area (Å²) in [6.45, 7) is 1.17. The maximum absolute atomic E-state index is 12.4. The van der Waals surface area contributed by atoms with E-state index in [1.807, 2.05) is 6.07 Å². The highest BCUT2D eigenvalue weighted by molar-refractivity contribution is 7.89. The Labute approximate surface area is 145 Å². The molecule has 2 atom stereocenters. The second-order valence-corrected chi connectivity index (χ2v) is 7.60. The lowest BCUT2D eigenvalue weighted by molar-refractivity contribution is -0.137. The summed E-state index contributed by atoms with van der Waals surface area (Å²) in [5, 5.41) is 18.8. The summed E-state index contributed by atoms with van der Waals surface area (Å²) < 4.78 is 26.9. The lowest BCUT2D eigenvalue weighted by Gasteiger charge is -2.23. The first-order valence-corrected chi connectivity index (χ1v) is 8.91. The molecule has 1 aliphatic heterocycles. The molecule has 134 valence electrons. The third-order valence-corrected chi connectivity index (χ3v) is 5.53. The summed E-state index contributed by atoms with van der Waals surface area (Å²) in [6, 6.07) is 6.11. The zero-order chi connectivity index (χ0) is 18.8. The monoisotopic (exact) mass is 366 g/mol. The van der Waals surface area contributed by atoms with Crippen molar-refractivity contribution < 1.29 is 23.1 Å². The van der Waals surface area contributed by atoms with Gasteiger partial charge >= 0.3 is 0 Å². The number of aliphatic hydroxyl groups is 1. The van der Waals surface area contributed by atoms with Gasteiger partial charge in [0, 0.05) is 13.0 Å². The number of benzene rings is 1. The van der Waals surface area contributed by atoms with E-state index in [0.717, 1.165) is 0 Å². The zero-order valence-electron chi connectivity index (χ0n) is 13.5. The largest absolute Gasteiger partial charge is 0.378 e. The molecule has 0 saturated carbocycles. The second kappa shape index (κ2) is 6.79. The van der Waals surface area contributed by atoms with Gasteiger partial charge in [0.15, 0.2) is 5.60 Å². The number of hydrogen-bond acceptors (Lipinski definition) is 6. The predicted octanol–water partition coefficient (Wildman–Crippen LogP) is -1.33. The van der Waals surface area contributed by atoms with Crippen LogP contribution in [0.3, 0.4) is 0 Å². The average molecular weight is 366 g/mol. The van der Waals surface area contributed by atoms with E-state index in [9.17, 15) is 23.1 Å². The number of carbonyl (C=O) groups is 2. The Balaban J connectivity index is 2.11. The quantitative estimate of drug-likeness (QED) is 0.587. The number of carbonyl (C=O) groups excluding carboxylic acids is 2. The van der Waals surface area contributed by atoms with Crippen LogP contribution in [0.1, 0.15) is 18.9 Å². The van der Waals surface area contributed by atoms with Crippen LogP contribution in [0.15, 0.2) is 29.2 Å². The van der Waals surface area contributed by atoms with Crippen LogP contribution in [0.2, 0.25) is 0 Å².